The standard InChI is InChI=1S/C9H9N5O2S/c10-14-8(6-1-3-11-4-2-6)12-13-9(14)17-5-7(15)16/h1-4H,5,10H2,(H,15,16)/p+1. The molecule has 88 valence electrons. The highest BCUT2D eigenvalue weighted by atomic mass is 32.2. The molecule has 0 saturated heterocycles. The van der Waals surface area contributed by atoms with E-state index in [2.05, 4.69) is 15.2 Å². The van der Waals surface area contributed by atoms with Gasteiger partial charge in [-0.2, -0.15) is 0 Å². The number of nitrogens with two attached hydrogens (primary N) is 1. The zero-order valence-electron chi connectivity index (χ0n) is 8.70. The zero-order valence-corrected chi connectivity index (χ0v) is 9.52. The van der Waals surface area contributed by atoms with Crippen LogP contribution in [0.1, 0.15) is 0 Å². The summed E-state index contributed by atoms with van der Waals surface area (Å²) in [4.78, 5) is 14.3. The van der Waals surface area contributed by atoms with Gasteiger partial charge in [-0.15, -0.1) is 9.77 Å². The minimum Gasteiger partial charge on any atom is -0.481 e. The van der Waals surface area contributed by atoms with E-state index < -0.39 is 5.97 Å². The Hall–Kier alpha value is -2.09. The first-order valence-electron chi connectivity index (χ1n) is 4.69. The van der Waals surface area contributed by atoms with E-state index in [1.807, 2.05) is 0 Å². The molecule has 0 radical (unpaired) electrons. The molecular weight excluding hydrogens is 242 g/mol. The van der Waals surface area contributed by atoms with E-state index in [0.29, 0.717) is 11.0 Å². The number of nitrogens with zero attached hydrogens (tertiary/aromatic N) is 3. The van der Waals surface area contributed by atoms with Gasteiger partial charge in [-0.25, -0.2) is 0 Å². The monoisotopic (exact) mass is 252 g/mol. The number of hydrogen-bond donors (Lipinski definition) is 3. The summed E-state index contributed by atoms with van der Waals surface area (Å²) in [5, 5.41) is 15.7. The molecule has 0 aliphatic rings. The predicted molar refractivity (Wildman–Crippen MR) is 60.5 cm³/mol. The number of nitrogens with one attached hydrogen (secondary N) is 1. The van der Waals surface area contributed by atoms with Crippen LogP contribution in [0.2, 0.25) is 0 Å². The summed E-state index contributed by atoms with van der Waals surface area (Å²) >= 11 is 1.05. The number of thioether (sulfide) groups is 1. The van der Waals surface area contributed by atoms with Gasteiger partial charge in [0.2, 0.25) is 0 Å². The Morgan fingerprint density at radius 2 is 2.24 bits per heavy atom. The Bertz CT molecular complexity index is 527. The molecule has 2 heterocycles. The number of aliphatic carboxylic acids is 1. The maximum absolute atomic E-state index is 10.4. The van der Waals surface area contributed by atoms with Gasteiger partial charge >= 0.3 is 11.1 Å². The van der Waals surface area contributed by atoms with Gasteiger partial charge in [-0.1, -0.05) is 0 Å². The second kappa shape index (κ2) is 4.83. The van der Waals surface area contributed by atoms with Crippen LogP contribution >= 0.6 is 11.8 Å². The number of carbonyl (C=O) groups is 1. The van der Waals surface area contributed by atoms with E-state index in [0.717, 1.165) is 17.3 Å². The number of aromatic nitrogens is 4. The third kappa shape index (κ3) is 2.53. The normalized spacial score (nSPS) is 10.4. The fourth-order valence-corrected chi connectivity index (χ4v) is 1.84. The number of hydrogen-bond acceptors (Lipinski definition) is 5. The topological polar surface area (TPSA) is 109 Å². The molecule has 0 aliphatic carbocycles. The van der Waals surface area contributed by atoms with Gasteiger partial charge in [-0.05, 0) is 23.9 Å². The molecule has 0 bridgehead atoms. The molecule has 7 nitrogen and oxygen atoms in total. The Balaban J connectivity index is 2.24. The summed E-state index contributed by atoms with van der Waals surface area (Å²) in [6.45, 7) is 0. The fraction of sp³-hybridized carbons (Fsp3) is 0.111. The van der Waals surface area contributed by atoms with Gasteiger partial charge in [0.1, 0.15) is 5.75 Å². The van der Waals surface area contributed by atoms with E-state index in [-0.39, 0.29) is 5.75 Å². The maximum atomic E-state index is 10.4. The second-order valence-electron chi connectivity index (χ2n) is 3.14. The fourth-order valence-electron chi connectivity index (χ4n) is 1.25. The molecule has 2 aromatic rings. The molecule has 0 aliphatic heterocycles. The summed E-state index contributed by atoms with van der Waals surface area (Å²) in [6, 6.07) is 3.56. The van der Waals surface area contributed by atoms with Gasteiger partial charge in [0, 0.05) is 12.4 Å². The third-order valence-corrected chi connectivity index (χ3v) is 2.92. The van der Waals surface area contributed by atoms with Crippen molar-refractivity contribution in [2.45, 2.75) is 5.16 Å². The Kier molecular flexibility index (Phi) is 3.24. The second-order valence-corrected chi connectivity index (χ2v) is 4.09. The first-order valence-corrected chi connectivity index (χ1v) is 5.67. The molecular formula is C9H10N5O2S+. The smallest absolute Gasteiger partial charge is 0.359 e. The largest absolute Gasteiger partial charge is 0.481 e. The van der Waals surface area contributed by atoms with E-state index in [1.54, 1.807) is 24.5 Å². The SMILES string of the molecule is N[n+]1c(SCC(=O)O)n[nH]c1-c1ccncc1. The number of carboxylic acid groups (broad SMARTS) is 1. The van der Waals surface area contributed by atoms with Crippen molar-refractivity contribution in [1.82, 2.24) is 15.2 Å². The number of aromatic amines is 1. The molecule has 8 heteroatoms. The van der Waals surface area contributed by atoms with Gasteiger partial charge < -0.3 is 5.11 Å². The van der Waals surface area contributed by atoms with Crippen molar-refractivity contribution in [2.75, 3.05) is 11.6 Å². The van der Waals surface area contributed by atoms with Crippen LogP contribution in [-0.4, -0.2) is 32.0 Å². The Morgan fingerprint density at radius 3 is 2.88 bits per heavy atom. The molecule has 0 amide bonds. The molecule has 2 rings (SSSR count). The Morgan fingerprint density at radius 1 is 1.53 bits per heavy atom. The van der Waals surface area contributed by atoms with Crippen molar-refractivity contribution < 1.29 is 14.6 Å². The van der Waals surface area contributed by atoms with E-state index in [9.17, 15) is 4.79 Å². The lowest BCUT2D eigenvalue weighted by molar-refractivity contribution is -0.666. The minimum atomic E-state index is -0.913. The minimum absolute atomic E-state index is 0.0855. The number of nitrogen functional groups attached to an aromatic ring is 1. The van der Waals surface area contributed by atoms with Crippen LogP contribution in [0.25, 0.3) is 11.4 Å². The van der Waals surface area contributed by atoms with E-state index in [1.165, 1.54) is 4.68 Å². The molecule has 0 fully saturated rings. The van der Waals surface area contributed by atoms with Crippen molar-refractivity contribution in [1.29, 1.82) is 0 Å². The number of H-pyrrole nitrogens is 1. The maximum Gasteiger partial charge on any atom is 0.359 e. The zero-order chi connectivity index (χ0) is 12.3. The average molecular weight is 252 g/mol. The van der Waals surface area contributed by atoms with Crippen LogP contribution in [0.5, 0.6) is 0 Å². The Labute approximate surface area is 101 Å². The summed E-state index contributed by atoms with van der Waals surface area (Å²) in [7, 11) is 0. The lowest BCUT2D eigenvalue weighted by atomic mass is 10.2. The first kappa shape index (κ1) is 11.4. The summed E-state index contributed by atoms with van der Waals surface area (Å²) in [5.41, 5.74) is 0.831. The summed E-state index contributed by atoms with van der Waals surface area (Å²) in [6.07, 6.45) is 3.28. The van der Waals surface area contributed by atoms with Crippen molar-refractivity contribution >= 4 is 17.7 Å². The van der Waals surface area contributed by atoms with E-state index >= 15 is 0 Å². The van der Waals surface area contributed by atoms with Crippen LogP contribution in [0.3, 0.4) is 0 Å². The highest BCUT2D eigenvalue weighted by Gasteiger charge is 2.20. The number of rotatable bonds is 4. The predicted octanol–water partition coefficient (Wildman–Crippen LogP) is -0.350. The molecule has 4 N–H and O–H groups in total. The molecule has 0 unspecified atom stereocenters. The third-order valence-electron chi connectivity index (χ3n) is 1.98. The molecule has 17 heavy (non-hydrogen) atoms. The van der Waals surface area contributed by atoms with Crippen molar-refractivity contribution in [3.63, 3.8) is 0 Å². The number of carboxylic acids is 1. The first-order chi connectivity index (χ1) is 8.18. The van der Waals surface area contributed by atoms with Crippen LogP contribution < -0.4 is 10.5 Å². The molecule has 0 aromatic carbocycles. The van der Waals surface area contributed by atoms with Gasteiger partial charge in [0.25, 0.3) is 5.82 Å². The average Bonchev–Trinajstić information content (AvgIpc) is 2.69. The van der Waals surface area contributed by atoms with Gasteiger partial charge in [-0.3, -0.25) is 15.6 Å². The lowest BCUT2D eigenvalue weighted by Crippen LogP contribution is -2.47. The molecule has 2 aromatic heterocycles. The van der Waals surface area contributed by atoms with Crippen LogP contribution in [0.4, 0.5) is 0 Å². The van der Waals surface area contributed by atoms with Crippen LogP contribution in [0, 0.1) is 0 Å². The summed E-state index contributed by atoms with van der Waals surface area (Å²) in [5.74, 6) is 5.41. The van der Waals surface area contributed by atoms with Gasteiger partial charge in [0.05, 0.1) is 10.7 Å². The molecule has 0 saturated carbocycles. The highest BCUT2D eigenvalue weighted by Crippen LogP contribution is 2.15. The van der Waals surface area contributed by atoms with Gasteiger partial charge in [0.15, 0.2) is 0 Å². The lowest BCUT2D eigenvalue weighted by Gasteiger charge is -1.95. The van der Waals surface area contributed by atoms with Crippen LogP contribution in [0.15, 0.2) is 29.7 Å². The van der Waals surface area contributed by atoms with E-state index in [4.69, 9.17) is 10.9 Å². The highest BCUT2D eigenvalue weighted by molar-refractivity contribution is 7.99. The summed E-state index contributed by atoms with van der Waals surface area (Å²) < 4.78 is 1.32. The van der Waals surface area contributed by atoms with Crippen molar-refractivity contribution in [3.8, 4) is 11.4 Å². The number of pyridine rings is 1. The molecule has 0 atom stereocenters. The van der Waals surface area contributed by atoms with Crippen LogP contribution in [-0.2, 0) is 4.79 Å². The van der Waals surface area contributed by atoms with Crippen molar-refractivity contribution in [3.05, 3.63) is 24.5 Å². The quantitative estimate of drug-likeness (QED) is 0.390. The van der Waals surface area contributed by atoms with Crippen molar-refractivity contribution in [2.24, 2.45) is 0 Å². The molecule has 0 spiro atoms.